The molecule has 4 heteroatoms. The number of carbonyl (C=O) groups excluding carboxylic acids is 1. The molecule has 84 valence electrons. The Kier molecular flexibility index (Phi) is 2.44. The Morgan fingerprint density at radius 1 is 1.18 bits per heavy atom. The fourth-order valence-electron chi connectivity index (χ4n) is 2.07. The predicted octanol–water partition coefficient (Wildman–Crippen LogP) is 3.06. The van der Waals surface area contributed by atoms with Gasteiger partial charge in [0.1, 0.15) is 0 Å². The molecule has 0 fully saturated rings. The first kappa shape index (κ1) is 10.5. The van der Waals surface area contributed by atoms with E-state index in [1.807, 2.05) is 30.3 Å². The molecule has 1 aliphatic rings. The van der Waals surface area contributed by atoms with Crippen LogP contribution in [0.5, 0.6) is 0 Å². The number of pyridine rings is 1. The smallest absolute Gasteiger partial charge is 0.236 e. The number of aromatic nitrogens is 1. The summed E-state index contributed by atoms with van der Waals surface area (Å²) in [6.45, 7) is 0. The maximum atomic E-state index is 12.1. The summed E-state index contributed by atoms with van der Waals surface area (Å²) in [5.74, 6) is 0.0955. The summed E-state index contributed by atoms with van der Waals surface area (Å²) in [7, 11) is 0. The lowest BCUT2D eigenvalue weighted by molar-refractivity contribution is -0.116. The molecule has 2 aromatic rings. The van der Waals surface area contributed by atoms with Crippen LogP contribution in [0.1, 0.15) is 5.56 Å². The summed E-state index contributed by atoms with van der Waals surface area (Å²) >= 11 is 3.48. The van der Waals surface area contributed by atoms with E-state index in [0.29, 0.717) is 6.42 Å². The van der Waals surface area contributed by atoms with Gasteiger partial charge in [-0.2, -0.15) is 0 Å². The monoisotopic (exact) mass is 288 g/mol. The van der Waals surface area contributed by atoms with Gasteiger partial charge in [0, 0.05) is 16.9 Å². The minimum absolute atomic E-state index is 0.0955. The Bertz CT molecular complexity index is 583. The highest BCUT2D eigenvalue weighted by Crippen LogP contribution is 2.38. The maximum Gasteiger partial charge on any atom is 0.236 e. The van der Waals surface area contributed by atoms with Crippen LogP contribution in [0.25, 0.3) is 0 Å². The molecule has 0 bridgehead atoms. The fraction of sp³-hybridized carbons (Fsp3) is 0.0769. The van der Waals surface area contributed by atoms with Gasteiger partial charge in [0.05, 0.1) is 17.8 Å². The number of rotatable bonds is 1. The molecule has 0 unspecified atom stereocenters. The number of hydrogen-bond donors (Lipinski definition) is 0. The summed E-state index contributed by atoms with van der Waals surface area (Å²) in [5, 5.41) is 0. The van der Waals surface area contributed by atoms with Gasteiger partial charge in [0.25, 0.3) is 0 Å². The molecular weight excluding hydrogens is 280 g/mol. The summed E-state index contributed by atoms with van der Waals surface area (Å²) in [5.41, 5.74) is 2.87. The summed E-state index contributed by atoms with van der Waals surface area (Å²) in [6, 6.07) is 9.55. The van der Waals surface area contributed by atoms with Crippen molar-refractivity contribution in [1.82, 2.24) is 4.98 Å². The maximum absolute atomic E-state index is 12.1. The van der Waals surface area contributed by atoms with Crippen molar-refractivity contribution in [3.05, 3.63) is 52.8 Å². The molecule has 17 heavy (non-hydrogen) atoms. The van der Waals surface area contributed by atoms with Gasteiger partial charge in [-0.25, -0.2) is 0 Å². The average molecular weight is 289 g/mol. The highest BCUT2D eigenvalue weighted by Gasteiger charge is 2.29. The molecule has 0 atom stereocenters. The average Bonchev–Trinajstić information content (AvgIpc) is 2.68. The van der Waals surface area contributed by atoms with Crippen molar-refractivity contribution in [1.29, 1.82) is 0 Å². The first-order valence-electron chi connectivity index (χ1n) is 5.28. The zero-order valence-corrected chi connectivity index (χ0v) is 10.5. The number of amides is 1. The van der Waals surface area contributed by atoms with Gasteiger partial charge >= 0.3 is 0 Å². The highest BCUT2D eigenvalue weighted by atomic mass is 79.9. The molecule has 0 saturated carbocycles. The van der Waals surface area contributed by atoms with Gasteiger partial charge in [-0.1, -0.05) is 22.0 Å². The van der Waals surface area contributed by atoms with Gasteiger partial charge in [0.2, 0.25) is 5.91 Å². The molecule has 0 spiro atoms. The zero-order chi connectivity index (χ0) is 11.8. The lowest BCUT2D eigenvalue weighted by Crippen LogP contribution is -2.20. The quantitative estimate of drug-likeness (QED) is 0.808. The van der Waals surface area contributed by atoms with Crippen LogP contribution >= 0.6 is 15.9 Å². The zero-order valence-electron chi connectivity index (χ0n) is 8.93. The van der Waals surface area contributed by atoms with E-state index in [-0.39, 0.29) is 5.91 Å². The normalized spacial score (nSPS) is 13.9. The standard InChI is InChI=1S/C13H9BrN2O/c14-11-2-1-3-12-10(11)8-13(17)16(12)9-4-6-15-7-5-9/h1-7H,8H2. The molecule has 3 rings (SSSR count). The van der Waals surface area contributed by atoms with Crippen LogP contribution < -0.4 is 4.90 Å². The highest BCUT2D eigenvalue weighted by molar-refractivity contribution is 9.10. The summed E-state index contributed by atoms with van der Waals surface area (Å²) < 4.78 is 0.986. The van der Waals surface area contributed by atoms with Crippen molar-refractivity contribution in [2.45, 2.75) is 6.42 Å². The van der Waals surface area contributed by atoms with Gasteiger partial charge in [-0.3, -0.25) is 14.7 Å². The Labute approximate surface area is 107 Å². The number of anilines is 2. The van der Waals surface area contributed by atoms with Crippen molar-refractivity contribution in [3.63, 3.8) is 0 Å². The Morgan fingerprint density at radius 2 is 1.94 bits per heavy atom. The van der Waals surface area contributed by atoms with Gasteiger partial charge in [-0.05, 0) is 29.8 Å². The third-order valence-corrected chi connectivity index (χ3v) is 3.58. The van der Waals surface area contributed by atoms with E-state index in [1.165, 1.54) is 0 Å². The van der Waals surface area contributed by atoms with Crippen LogP contribution in [0.4, 0.5) is 11.4 Å². The van der Waals surface area contributed by atoms with Gasteiger partial charge < -0.3 is 0 Å². The minimum Gasteiger partial charge on any atom is -0.280 e. The molecule has 2 heterocycles. The van der Waals surface area contributed by atoms with E-state index < -0.39 is 0 Å². The van der Waals surface area contributed by atoms with Crippen molar-refractivity contribution >= 4 is 33.2 Å². The third kappa shape index (κ3) is 1.65. The molecule has 0 saturated heterocycles. The fourth-order valence-corrected chi connectivity index (χ4v) is 2.57. The van der Waals surface area contributed by atoms with Crippen LogP contribution in [0, 0.1) is 0 Å². The second-order valence-electron chi connectivity index (χ2n) is 3.85. The van der Waals surface area contributed by atoms with E-state index in [9.17, 15) is 4.79 Å². The SMILES string of the molecule is O=C1Cc2c(Br)cccc2N1c1ccncc1. The summed E-state index contributed by atoms with van der Waals surface area (Å²) in [4.78, 5) is 17.8. The van der Waals surface area contributed by atoms with Crippen molar-refractivity contribution in [2.24, 2.45) is 0 Å². The second-order valence-corrected chi connectivity index (χ2v) is 4.70. The second kappa shape index (κ2) is 3.96. The predicted molar refractivity (Wildman–Crippen MR) is 69.2 cm³/mol. The van der Waals surface area contributed by atoms with E-state index in [4.69, 9.17) is 0 Å². The van der Waals surface area contributed by atoms with E-state index in [1.54, 1.807) is 17.3 Å². The first-order valence-corrected chi connectivity index (χ1v) is 6.07. The number of nitrogens with zero attached hydrogens (tertiary/aromatic N) is 2. The topological polar surface area (TPSA) is 33.2 Å². The molecule has 1 aliphatic heterocycles. The first-order chi connectivity index (χ1) is 8.27. The molecular formula is C13H9BrN2O. The van der Waals surface area contributed by atoms with Crippen LogP contribution in [0.2, 0.25) is 0 Å². The molecule has 0 radical (unpaired) electrons. The Hall–Kier alpha value is -1.68. The number of hydrogen-bond acceptors (Lipinski definition) is 2. The Balaban J connectivity index is 2.15. The molecule has 1 aromatic carbocycles. The Morgan fingerprint density at radius 3 is 2.71 bits per heavy atom. The van der Waals surface area contributed by atoms with Crippen molar-refractivity contribution in [3.8, 4) is 0 Å². The largest absolute Gasteiger partial charge is 0.280 e. The van der Waals surface area contributed by atoms with Gasteiger partial charge in [-0.15, -0.1) is 0 Å². The minimum atomic E-state index is 0.0955. The molecule has 1 amide bonds. The number of fused-ring (bicyclic) bond motifs is 1. The number of halogens is 1. The van der Waals surface area contributed by atoms with E-state index >= 15 is 0 Å². The van der Waals surface area contributed by atoms with Crippen LogP contribution in [-0.2, 0) is 11.2 Å². The van der Waals surface area contributed by atoms with Crippen LogP contribution in [0.3, 0.4) is 0 Å². The molecule has 0 N–H and O–H groups in total. The van der Waals surface area contributed by atoms with Crippen LogP contribution in [0.15, 0.2) is 47.2 Å². The lowest BCUT2D eigenvalue weighted by atomic mass is 10.2. The van der Waals surface area contributed by atoms with Crippen molar-refractivity contribution < 1.29 is 4.79 Å². The summed E-state index contributed by atoms with van der Waals surface area (Å²) in [6.07, 6.45) is 3.83. The number of benzene rings is 1. The molecule has 3 nitrogen and oxygen atoms in total. The van der Waals surface area contributed by atoms with Gasteiger partial charge in [0.15, 0.2) is 0 Å². The lowest BCUT2D eigenvalue weighted by Gasteiger charge is -2.17. The molecule has 1 aromatic heterocycles. The van der Waals surface area contributed by atoms with E-state index in [2.05, 4.69) is 20.9 Å². The third-order valence-electron chi connectivity index (χ3n) is 2.83. The molecule has 0 aliphatic carbocycles. The van der Waals surface area contributed by atoms with Crippen molar-refractivity contribution in [2.75, 3.05) is 4.90 Å². The number of carbonyl (C=O) groups is 1. The van der Waals surface area contributed by atoms with Crippen LogP contribution in [-0.4, -0.2) is 10.9 Å². The van der Waals surface area contributed by atoms with E-state index in [0.717, 1.165) is 21.4 Å².